The number of alkyl halides is 1. The Morgan fingerprint density at radius 2 is 1.86 bits per heavy atom. The van der Waals surface area contributed by atoms with Gasteiger partial charge in [0, 0.05) is 11.6 Å². The zero-order valence-corrected chi connectivity index (χ0v) is 7.89. The van der Waals surface area contributed by atoms with Crippen molar-refractivity contribution in [2.24, 2.45) is 0 Å². The molecule has 0 saturated carbocycles. The molecule has 1 nitrogen and oxygen atoms in total. The summed E-state index contributed by atoms with van der Waals surface area (Å²) in [5, 5.41) is 9.39. The first-order valence-electron chi connectivity index (χ1n) is 4.14. The second-order valence-corrected chi connectivity index (χ2v) is 3.63. The van der Waals surface area contributed by atoms with Crippen LogP contribution in [0, 0.1) is 11.6 Å². The van der Waals surface area contributed by atoms with E-state index in [1.807, 2.05) is 0 Å². The van der Waals surface area contributed by atoms with Crippen LogP contribution in [0.4, 0.5) is 13.2 Å². The van der Waals surface area contributed by atoms with Gasteiger partial charge >= 0.3 is 0 Å². The molecule has 0 heterocycles. The number of rotatable bonds is 2. The van der Waals surface area contributed by atoms with Gasteiger partial charge in [-0.25, -0.2) is 13.2 Å². The third-order valence-corrected chi connectivity index (χ3v) is 1.91. The van der Waals surface area contributed by atoms with Gasteiger partial charge in [-0.05, 0) is 19.9 Å². The van der Waals surface area contributed by atoms with E-state index in [0.717, 1.165) is 26.0 Å². The molecule has 4 heteroatoms. The van der Waals surface area contributed by atoms with E-state index in [1.54, 1.807) is 0 Å². The Morgan fingerprint density at radius 1 is 1.29 bits per heavy atom. The Morgan fingerprint density at radius 3 is 2.29 bits per heavy atom. The van der Waals surface area contributed by atoms with E-state index in [-0.39, 0.29) is 5.56 Å². The van der Waals surface area contributed by atoms with Gasteiger partial charge in [0.15, 0.2) is 0 Å². The van der Waals surface area contributed by atoms with Crippen molar-refractivity contribution in [2.45, 2.75) is 25.6 Å². The molecule has 1 aromatic rings. The number of aliphatic hydroxyl groups excluding tert-OH is 1. The second kappa shape index (κ2) is 3.61. The summed E-state index contributed by atoms with van der Waals surface area (Å²) in [7, 11) is 0. The smallest absolute Gasteiger partial charge is 0.135 e. The summed E-state index contributed by atoms with van der Waals surface area (Å²) >= 11 is 0. The number of hydrogen-bond acceptors (Lipinski definition) is 1. The monoisotopic (exact) mass is 204 g/mol. The summed E-state index contributed by atoms with van der Waals surface area (Å²) in [5.41, 5.74) is -2.20. The maximum atomic E-state index is 13.2. The lowest BCUT2D eigenvalue weighted by molar-refractivity contribution is 0.0137. The number of halogens is 3. The normalized spacial score (nSPS) is 14.1. The molecule has 0 spiro atoms. The van der Waals surface area contributed by atoms with E-state index in [1.165, 1.54) is 0 Å². The van der Waals surface area contributed by atoms with Gasteiger partial charge in [-0.2, -0.15) is 0 Å². The highest BCUT2D eigenvalue weighted by Crippen LogP contribution is 2.30. The molecular formula is C10H11F3O. The molecule has 78 valence electrons. The largest absolute Gasteiger partial charge is 0.385 e. The van der Waals surface area contributed by atoms with Crippen molar-refractivity contribution >= 4 is 0 Å². The molecule has 0 saturated heterocycles. The molecule has 1 unspecified atom stereocenters. The molecule has 0 bridgehead atoms. The Labute approximate surface area is 80.2 Å². The molecule has 1 rings (SSSR count). The molecule has 1 aromatic carbocycles. The minimum absolute atomic E-state index is 0.237. The molecule has 0 amide bonds. The number of hydrogen-bond donors (Lipinski definition) is 1. The maximum Gasteiger partial charge on any atom is 0.135 e. The fourth-order valence-electron chi connectivity index (χ4n) is 1.09. The van der Waals surface area contributed by atoms with Gasteiger partial charge in [0.25, 0.3) is 0 Å². The highest BCUT2D eigenvalue weighted by Gasteiger charge is 2.30. The number of benzene rings is 1. The van der Waals surface area contributed by atoms with Gasteiger partial charge in [0.1, 0.15) is 23.4 Å². The van der Waals surface area contributed by atoms with Crippen LogP contribution in [0.3, 0.4) is 0 Å². The molecule has 0 radical (unpaired) electrons. The predicted molar refractivity (Wildman–Crippen MR) is 46.5 cm³/mol. The summed E-state index contributed by atoms with van der Waals surface area (Å²) in [5.74, 6) is -1.70. The molecule has 1 atom stereocenters. The first-order chi connectivity index (χ1) is 6.32. The predicted octanol–water partition coefficient (Wildman–Crippen LogP) is 2.75. The average molecular weight is 204 g/mol. The maximum absolute atomic E-state index is 13.2. The Bertz CT molecular complexity index is 331. The fourth-order valence-corrected chi connectivity index (χ4v) is 1.09. The van der Waals surface area contributed by atoms with Gasteiger partial charge < -0.3 is 5.11 Å². The van der Waals surface area contributed by atoms with Gasteiger partial charge in [0.2, 0.25) is 0 Å². The molecule has 0 fully saturated rings. The first-order valence-corrected chi connectivity index (χ1v) is 4.14. The van der Waals surface area contributed by atoms with Gasteiger partial charge in [-0.1, -0.05) is 6.07 Å². The average Bonchev–Trinajstić information content (AvgIpc) is 2.01. The van der Waals surface area contributed by atoms with E-state index >= 15 is 0 Å². The Hall–Kier alpha value is -1.03. The first kappa shape index (κ1) is 11.0. The van der Waals surface area contributed by atoms with Gasteiger partial charge in [0.05, 0.1) is 0 Å². The summed E-state index contributed by atoms with van der Waals surface area (Å²) < 4.78 is 38.8. The summed E-state index contributed by atoms with van der Waals surface area (Å²) in [6, 6.07) is 2.63. The van der Waals surface area contributed by atoms with Gasteiger partial charge in [-0.3, -0.25) is 0 Å². The SMILES string of the molecule is CC(C)(F)C(O)c1ccc(F)cc1F. The van der Waals surface area contributed by atoms with Crippen LogP contribution in [0.1, 0.15) is 25.5 Å². The van der Waals surface area contributed by atoms with Crippen molar-refractivity contribution in [3.8, 4) is 0 Å². The van der Waals surface area contributed by atoms with Crippen molar-refractivity contribution in [3.05, 3.63) is 35.4 Å². The van der Waals surface area contributed by atoms with E-state index in [0.29, 0.717) is 6.07 Å². The quantitative estimate of drug-likeness (QED) is 0.785. The third-order valence-electron chi connectivity index (χ3n) is 1.91. The lowest BCUT2D eigenvalue weighted by Gasteiger charge is -2.22. The van der Waals surface area contributed by atoms with Crippen molar-refractivity contribution in [3.63, 3.8) is 0 Å². The Balaban J connectivity index is 3.08. The van der Waals surface area contributed by atoms with Crippen LogP contribution in [0.2, 0.25) is 0 Å². The molecule has 0 aromatic heterocycles. The molecule has 0 aliphatic heterocycles. The minimum atomic E-state index is -1.96. The van der Waals surface area contributed by atoms with E-state index < -0.39 is 23.4 Å². The molecule has 0 aliphatic carbocycles. The highest BCUT2D eigenvalue weighted by atomic mass is 19.1. The highest BCUT2D eigenvalue weighted by molar-refractivity contribution is 5.22. The van der Waals surface area contributed by atoms with Crippen molar-refractivity contribution in [1.82, 2.24) is 0 Å². The second-order valence-electron chi connectivity index (χ2n) is 3.63. The van der Waals surface area contributed by atoms with Gasteiger partial charge in [-0.15, -0.1) is 0 Å². The van der Waals surface area contributed by atoms with Crippen LogP contribution >= 0.6 is 0 Å². The van der Waals surface area contributed by atoms with E-state index in [4.69, 9.17) is 0 Å². The third kappa shape index (κ3) is 2.26. The molecule has 0 aliphatic rings. The van der Waals surface area contributed by atoms with Crippen LogP contribution in [0.25, 0.3) is 0 Å². The standard InChI is InChI=1S/C10H11F3O/c1-10(2,13)9(14)7-4-3-6(11)5-8(7)12/h3-5,9,14H,1-2H3. The zero-order valence-electron chi connectivity index (χ0n) is 7.89. The summed E-state index contributed by atoms with van der Waals surface area (Å²) in [4.78, 5) is 0. The van der Waals surface area contributed by atoms with Crippen LogP contribution in [0.15, 0.2) is 18.2 Å². The summed E-state index contributed by atoms with van der Waals surface area (Å²) in [6.45, 7) is 2.25. The van der Waals surface area contributed by atoms with E-state index in [9.17, 15) is 18.3 Å². The topological polar surface area (TPSA) is 20.2 Å². The van der Waals surface area contributed by atoms with Crippen LogP contribution in [-0.2, 0) is 0 Å². The lowest BCUT2D eigenvalue weighted by atomic mass is 9.96. The van der Waals surface area contributed by atoms with Crippen LogP contribution in [-0.4, -0.2) is 10.8 Å². The number of aliphatic hydroxyl groups is 1. The Kier molecular flexibility index (Phi) is 2.85. The zero-order chi connectivity index (χ0) is 10.9. The van der Waals surface area contributed by atoms with Crippen LogP contribution < -0.4 is 0 Å². The molecular weight excluding hydrogens is 193 g/mol. The minimum Gasteiger partial charge on any atom is -0.385 e. The summed E-state index contributed by atoms with van der Waals surface area (Å²) in [6.07, 6.45) is -1.59. The van der Waals surface area contributed by atoms with Crippen molar-refractivity contribution in [1.29, 1.82) is 0 Å². The van der Waals surface area contributed by atoms with E-state index in [2.05, 4.69) is 0 Å². The fraction of sp³-hybridized carbons (Fsp3) is 0.400. The van der Waals surface area contributed by atoms with Crippen LogP contribution in [0.5, 0.6) is 0 Å². The molecule has 14 heavy (non-hydrogen) atoms. The molecule has 1 N–H and O–H groups in total. The lowest BCUT2D eigenvalue weighted by Crippen LogP contribution is -2.24. The van der Waals surface area contributed by atoms with Crippen molar-refractivity contribution < 1.29 is 18.3 Å². The van der Waals surface area contributed by atoms with Crippen molar-refractivity contribution in [2.75, 3.05) is 0 Å².